The molecule has 0 amide bonds. The quantitative estimate of drug-likeness (QED) is 0.836. The van der Waals surface area contributed by atoms with Gasteiger partial charge in [0.25, 0.3) is 0 Å². The first-order valence-electron chi connectivity index (χ1n) is 6.03. The Morgan fingerprint density at radius 1 is 1.47 bits per heavy atom. The van der Waals surface area contributed by atoms with Gasteiger partial charge >= 0.3 is 0 Å². The van der Waals surface area contributed by atoms with Crippen LogP contribution in [0.2, 0.25) is 5.02 Å². The van der Waals surface area contributed by atoms with E-state index >= 15 is 0 Å². The third-order valence-electron chi connectivity index (χ3n) is 2.92. The van der Waals surface area contributed by atoms with E-state index in [1.807, 2.05) is 23.9 Å². The second-order valence-corrected chi connectivity index (χ2v) is 5.67. The second kappa shape index (κ2) is 6.64. The summed E-state index contributed by atoms with van der Waals surface area (Å²) in [6.45, 7) is 1.55. The van der Waals surface area contributed by atoms with Crippen LogP contribution in [0.1, 0.15) is 18.4 Å². The summed E-state index contributed by atoms with van der Waals surface area (Å²) in [4.78, 5) is 1.25. The lowest BCUT2D eigenvalue weighted by Gasteiger charge is -2.13. The molecule has 0 saturated carbocycles. The van der Waals surface area contributed by atoms with Gasteiger partial charge < -0.3 is 10.5 Å². The molecule has 2 nitrogen and oxygen atoms in total. The lowest BCUT2D eigenvalue weighted by Crippen LogP contribution is -2.09. The van der Waals surface area contributed by atoms with Crippen molar-refractivity contribution < 1.29 is 4.74 Å². The summed E-state index contributed by atoms with van der Waals surface area (Å²) in [6.07, 6.45) is 3.62. The maximum Gasteiger partial charge on any atom is 0.0669 e. The molecule has 1 aromatic rings. The molecule has 1 fully saturated rings. The van der Waals surface area contributed by atoms with Crippen LogP contribution in [-0.4, -0.2) is 25.0 Å². The molecule has 0 radical (unpaired) electrons. The number of thioether (sulfide) groups is 1. The molecule has 2 rings (SSSR count). The largest absolute Gasteiger partial charge is 0.377 e. The molecular weight excluding hydrogens is 254 g/mol. The first-order valence-corrected chi connectivity index (χ1v) is 7.39. The molecule has 0 spiro atoms. The predicted molar refractivity (Wildman–Crippen MR) is 73.9 cm³/mol. The lowest BCUT2D eigenvalue weighted by atomic mass is 10.1. The van der Waals surface area contributed by atoms with Crippen molar-refractivity contribution in [2.45, 2.75) is 30.3 Å². The van der Waals surface area contributed by atoms with Crippen LogP contribution in [0.3, 0.4) is 0 Å². The topological polar surface area (TPSA) is 35.2 Å². The van der Waals surface area contributed by atoms with Crippen molar-refractivity contribution in [1.29, 1.82) is 0 Å². The van der Waals surface area contributed by atoms with E-state index in [0.29, 0.717) is 12.6 Å². The maximum atomic E-state index is 6.20. The highest BCUT2D eigenvalue weighted by molar-refractivity contribution is 7.99. The van der Waals surface area contributed by atoms with E-state index in [1.165, 1.54) is 23.3 Å². The van der Waals surface area contributed by atoms with Crippen molar-refractivity contribution in [2.75, 3.05) is 18.9 Å². The van der Waals surface area contributed by atoms with Gasteiger partial charge in [0, 0.05) is 22.3 Å². The van der Waals surface area contributed by atoms with Crippen LogP contribution in [-0.2, 0) is 11.2 Å². The number of ether oxygens (including phenoxy) is 1. The summed E-state index contributed by atoms with van der Waals surface area (Å²) in [5.74, 6) is 1.01. The zero-order valence-electron chi connectivity index (χ0n) is 9.82. The van der Waals surface area contributed by atoms with E-state index < -0.39 is 0 Å². The van der Waals surface area contributed by atoms with Crippen molar-refractivity contribution in [3.63, 3.8) is 0 Å². The van der Waals surface area contributed by atoms with E-state index in [-0.39, 0.29) is 0 Å². The lowest BCUT2D eigenvalue weighted by molar-refractivity contribution is 0.129. The Balaban J connectivity index is 2.00. The summed E-state index contributed by atoms with van der Waals surface area (Å²) in [5.41, 5.74) is 6.80. The highest BCUT2D eigenvalue weighted by Crippen LogP contribution is 2.30. The summed E-state index contributed by atoms with van der Waals surface area (Å²) < 4.78 is 5.63. The Kier molecular flexibility index (Phi) is 5.16. The SMILES string of the molecule is NCCc1c(Cl)cccc1SCC1CCCO1. The molecule has 17 heavy (non-hydrogen) atoms. The van der Waals surface area contributed by atoms with Crippen LogP contribution in [0, 0.1) is 0 Å². The first-order chi connectivity index (χ1) is 8.31. The van der Waals surface area contributed by atoms with Gasteiger partial charge in [-0.3, -0.25) is 0 Å². The van der Waals surface area contributed by atoms with Crippen LogP contribution >= 0.6 is 23.4 Å². The molecule has 1 aliphatic rings. The number of rotatable bonds is 5. The van der Waals surface area contributed by atoms with E-state index in [9.17, 15) is 0 Å². The number of hydrogen-bond acceptors (Lipinski definition) is 3. The molecule has 0 aliphatic carbocycles. The van der Waals surface area contributed by atoms with E-state index in [4.69, 9.17) is 22.1 Å². The van der Waals surface area contributed by atoms with Gasteiger partial charge in [0.1, 0.15) is 0 Å². The molecule has 0 bridgehead atoms. The zero-order chi connectivity index (χ0) is 12.1. The van der Waals surface area contributed by atoms with Crippen molar-refractivity contribution in [3.05, 3.63) is 28.8 Å². The van der Waals surface area contributed by atoms with Gasteiger partial charge in [0.05, 0.1) is 6.10 Å². The van der Waals surface area contributed by atoms with E-state index in [0.717, 1.165) is 23.8 Å². The van der Waals surface area contributed by atoms with E-state index in [2.05, 4.69) is 6.07 Å². The number of nitrogens with two attached hydrogens (primary N) is 1. The number of halogens is 1. The molecule has 94 valence electrons. The molecule has 4 heteroatoms. The summed E-state index contributed by atoms with van der Waals surface area (Å²) in [7, 11) is 0. The van der Waals surface area contributed by atoms with Crippen LogP contribution in [0.15, 0.2) is 23.1 Å². The molecule has 0 aromatic heterocycles. The van der Waals surface area contributed by atoms with E-state index in [1.54, 1.807) is 0 Å². The fourth-order valence-corrected chi connectivity index (χ4v) is 3.53. The van der Waals surface area contributed by atoms with Crippen LogP contribution in [0.5, 0.6) is 0 Å². The Labute approximate surface area is 112 Å². The van der Waals surface area contributed by atoms with Crippen LogP contribution < -0.4 is 5.73 Å². The minimum Gasteiger partial charge on any atom is -0.377 e. The fourth-order valence-electron chi connectivity index (χ4n) is 2.02. The Bertz CT molecular complexity index is 366. The second-order valence-electron chi connectivity index (χ2n) is 4.20. The zero-order valence-corrected chi connectivity index (χ0v) is 11.4. The van der Waals surface area contributed by atoms with Crippen LogP contribution in [0.25, 0.3) is 0 Å². The summed E-state index contributed by atoms with van der Waals surface area (Å²) in [6, 6.07) is 6.05. The minimum atomic E-state index is 0.407. The molecule has 1 atom stereocenters. The van der Waals surface area contributed by atoms with Gasteiger partial charge in [0.2, 0.25) is 0 Å². The highest BCUT2D eigenvalue weighted by atomic mass is 35.5. The molecular formula is C13H18ClNOS. The molecule has 1 unspecified atom stereocenters. The van der Waals surface area contributed by atoms with Crippen molar-refractivity contribution in [1.82, 2.24) is 0 Å². The Morgan fingerprint density at radius 3 is 3.06 bits per heavy atom. The fraction of sp³-hybridized carbons (Fsp3) is 0.538. The average molecular weight is 272 g/mol. The standard InChI is InChI=1S/C13H18ClNOS/c14-12-4-1-5-13(11(12)6-7-15)17-9-10-3-2-8-16-10/h1,4-5,10H,2-3,6-9,15H2. The maximum absolute atomic E-state index is 6.20. The first kappa shape index (κ1) is 13.2. The Morgan fingerprint density at radius 2 is 2.35 bits per heavy atom. The summed E-state index contributed by atoms with van der Waals surface area (Å²) >= 11 is 8.04. The predicted octanol–water partition coefficient (Wildman–Crippen LogP) is 3.11. The van der Waals surface area contributed by atoms with Gasteiger partial charge in [-0.05, 0) is 43.5 Å². The summed E-state index contributed by atoms with van der Waals surface area (Å²) in [5, 5.41) is 0.827. The van der Waals surface area contributed by atoms with Crippen LogP contribution in [0.4, 0.5) is 0 Å². The molecule has 1 aliphatic heterocycles. The third kappa shape index (κ3) is 3.62. The van der Waals surface area contributed by atoms with Gasteiger partial charge in [0.15, 0.2) is 0 Å². The minimum absolute atomic E-state index is 0.407. The van der Waals surface area contributed by atoms with Crippen molar-refractivity contribution >= 4 is 23.4 Å². The number of benzene rings is 1. The van der Waals surface area contributed by atoms with Crippen molar-refractivity contribution in [2.24, 2.45) is 5.73 Å². The van der Waals surface area contributed by atoms with Gasteiger partial charge in [-0.25, -0.2) is 0 Å². The molecule has 2 N–H and O–H groups in total. The Hall–Kier alpha value is -0.220. The average Bonchev–Trinajstić information content (AvgIpc) is 2.83. The number of hydrogen-bond donors (Lipinski definition) is 1. The third-order valence-corrected chi connectivity index (χ3v) is 4.50. The van der Waals surface area contributed by atoms with Gasteiger partial charge in [-0.15, -0.1) is 11.8 Å². The highest BCUT2D eigenvalue weighted by Gasteiger charge is 2.16. The normalized spacial score (nSPS) is 19.8. The smallest absolute Gasteiger partial charge is 0.0669 e. The molecule has 1 aromatic carbocycles. The molecule has 1 saturated heterocycles. The van der Waals surface area contributed by atoms with Gasteiger partial charge in [-0.2, -0.15) is 0 Å². The molecule has 1 heterocycles. The monoisotopic (exact) mass is 271 g/mol. The van der Waals surface area contributed by atoms with Gasteiger partial charge in [-0.1, -0.05) is 17.7 Å². The van der Waals surface area contributed by atoms with Crippen molar-refractivity contribution in [3.8, 4) is 0 Å².